The first-order valence-corrected chi connectivity index (χ1v) is 14.5. The van der Waals surface area contributed by atoms with E-state index in [0.717, 1.165) is 22.8 Å². The Labute approximate surface area is 289 Å². The first-order valence-electron chi connectivity index (χ1n) is 14.2. The Bertz CT molecular complexity index is 1580. The van der Waals surface area contributed by atoms with Crippen LogP contribution in [0.25, 0.3) is 0 Å². The minimum Gasteiger partial charge on any atom is -0.475 e. The van der Waals surface area contributed by atoms with Gasteiger partial charge in [-0.05, 0) is 54.3 Å². The lowest BCUT2D eigenvalue weighted by Gasteiger charge is -2.25. The molecule has 22 heteroatoms. The summed E-state index contributed by atoms with van der Waals surface area (Å²) in [6, 6.07) is 8.78. The Hall–Kier alpha value is -5.02. The van der Waals surface area contributed by atoms with Gasteiger partial charge in [-0.2, -0.15) is 26.3 Å². The zero-order valence-electron chi connectivity index (χ0n) is 26.2. The summed E-state index contributed by atoms with van der Waals surface area (Å²) in [6.07, 6.45) is -9.65. The van der Waals surface area contributed by atoms with Gasteiger partial charge in [-0.3, -0.25) is 19.4 Å². The molecule has 0 spiro atoms. The predicted octanol–water partition coefficient (Wildman–Crippen LogP) is 2.59. The molecule has 3 rings (SSSR count). The lowest BCUT2D eigenvalue weighted by molar-refractivity contribution is -0.193. The number of hydrogen-bond acceptors (Lipinski definition) is 8. The van der Waals surface area contributed by atoms with Gasteiger partial charge < -0.3 is 42.7 Å². The van der Waals surface area contributed by atoms with Crippen LogP contribution in [0.4, 0.5) is 36.4 Å². The number of carbonyl (C=O) groups is 5. The molecule has 2 aromatic rings. The predicted molar refractivity (Wildman–Crippen MR) is 166 cm³/mol. The SMILES string of the molecule is CNCc1ccc2c(c1)[C@@H](CCC(=O)CO)[C@H](CN=C(N)N)[C@H]2NC(=O)C(=O)Nc1ccc(Cl)c(F)c1.O=C(O)C(F)(F)F.O=C(O)C(F)(F)F. The van der Waals surface area contributed by atoms with Crippen LogP contribution < -0.4 is 27.4 Å². The van der Waals surface area contributed by atoms with Gasteiger partial charge in [-0.25, -0.2) is 14.0 Å². The number of aliphatic hydroxyl groups excluding tert-OH is 1. The summed E-state index contributed by atoms with van der Waals surface area (Å²) in [5.41, 5.74) is 13.9. The summed E-state index contributed by atoms with van der Waals surface area (Å²) in [5.74, 6) is -9.23. The highest BCUT2D eigenvalue weighted by Gasteiger charge is 2.42. The van der Waals surface area contributed by atoms with Crippen LogP contribution in [-0.4, -0.2) is 83.4 Å². The van der Waals surface area contributed by atoms with Crippen molar-refractivity contribution in [1.29, 1.82) is 0 Å². The maximum atomic E-state index is 13.7. The average molecular weight is 761 g/mol. The number of halogens is 8. The molecule has 3 atom stereocenters. The zero-order valence-corrected chi connectivity index (χ0v) is 27.0. The Kier molecular flexibility index (Phi) is 16.7. The van der Waals surface area contributed by atoms with Crippen LogP contribution in [-0.2, 0) is 30.5 Å². The van der Waals surface area contributed by atoms with Crippen LogP contribution in [0.3, 0.4) is 0 Å². The molecule has 1 aliphatic rings. The number of nitrogens with two attached hydrogens (primary N) is 2. The Morgan fingerprint density at radius 1 is 0.902 bits per heavy atom. The summed E-state index contributed by atoms with van der Waals surface area (Å²) >= 11 is 5.67. The number of aliphatic imine (C=N–C) groups is 1. The van der Waals surface area contributed by atoms with Crippen LogP contribution in [0.2, 0.25) is 5.02 Å². The average Bonchev–Trinajstić information content (AvgIpc) is 3.31. The van der Waals surface area contributed by atoms with Crippen molar-refractivity contribution in [2.45, 2.75) is 43.7 Å². The molecule has 0 radical (unpaired) electrons. The van der Waals surface area contributed by atoms with E-state index in [-0.39, 0.29) is 47.3 Å². The number of Topliss-reactive ketones (excluding diaryl/α,β-unsaturated/α-hetero) is 1. The molecule has 1 aliphatic carbocycles. The van der Waals surface area contributed by atoms with Crippen molar-refractivity contribution in [3.63, 3.8) is 0 Å². The van der Waals surface area contributed by atoms with E-state index in [1.165, 1.54) is 12.1 Å². The van der Waals surface area contributed by atoms with Crippen LogP contribution >= 0.6 is 11.6 Å². The number of ketones is 1. The van der Waals surface area contributed by atoms with Gasteiger partial charge in [-0.1, -0.05) is 29.8 Å². The standard InChI is InChI=1S/C25H30ClFN6O4.2C2HF3O2/c1-30-10-13-2-5-17-18(8-13)16(6-4-15(35)12-34)19(11-31-25(28)29)22(17)33-24(37)23(36)32-14-3-7-20(26)21(27)9-14;2*3-2(4,5)1(6)7/h2-3,5,7-9,16,19,22,30,34H,4,6,10-12H2,1H3,(H,32,36)(H,33,37)(H4,28,29,31);2*(H,6,7)/t16-,19+,22+;;/m1../s1. The van der Waals surface area contributed by atoms with Gasteiger partial charge >= 0.3 is 36.1 Å². The molecule has 0 aromatic heterocycles. The Morgan fingerprint density at radius 3 is 1.94 bits per heavy atom. The van der Waals surface area contributed by atoms with E-state index in [0.29, 0.717) is 13.0 Å². The number of hydrogen-bond donors (Lipinski definition) is 8. The van der Waals surface area contributed by atoms with Crippen molar-refractivity contribution in [3.8, 4) is 0 Å². The largest absolute Gasteiger partial charge is 0.490 e. The van der Waals surface area contributed by atoms with E-state index in [1.54, 1.807) is 0 Å². The number of guanidine groups is 1. The number of aliphatic carboxylic acids is 2. The number of nitrogens with one attached hydrogen (secondary N) is 3. The number of amides is 2. The Morgan fingerprint density at radius 2 is 1.47 bits per heavy atom. The summed E-state index contributed by atoms with van der Waals surface area (Å²) in [7, 11) is 1.82. The third-order valence-corrected chi connectivity index (χ3v) is 7.07. The smallest absolute Gasteiger partial charge is 0.475 e. The molecule has 282 valence electrons. The van der Waals surface area contributed by atoms with Crippen molar-refractivity contribution < 1.29 is 70.0 Å². The van der Waals surface area contributed by atoms with Gasteiger partial charge in [0.2, 0.25) is 0 Å². The lowest BCUT2D eigenvalue weighted by atomic mass is 9.86. The van der Waals surface area contributed by atoms with Gasteiger partial charge in [0, 0.05) is 31.1 Å². The van der Waals surface area contributed by atoms with Gasteiger partial charge in [-0.15, -0.1) is 0 Å². The van der Waals surface area contributed by atoms with Crippen molar-refractivity contribution in [1.82, 2.24) is 10.6 Å². The van der Waals surface area contributed by atoms with Gasteiger partial charge in [0.25, 0.3) is 0 Å². The second kappa shape index (κ2) is 19.4. The van der Waals surface area contributed by atoms with E-state index < -0.39 is 54.6 Å². The van der Waals surface area contributed by atoms with E-state index >= 15 is 0 Å². The topological polar surface area (TPSA) is 247 Å². The van der Waals surface area contributed by atoms with Crippen molar-refractivity contribution in [2.75, 3.05) is 25.5 Å². The molecule has 0 aliphatic heterocycles. The Balaban J connectivity index is 0.000000780. The van der Waals surface area contributed by atoms with Gasteiger partial charge in [0.1, 0.15) is 12.4 Å². The highest BCUT2D eigenvalue weighted by Crippen LogP contribution is 2.48. The number of benzene rings is 2. The number of aliphatic hydroxyl groups is 1. The molecular formula is C29H32ClF7N6O8. The van der Waals surface area contributed by atoms with Gasteiger partial charge in [0.15, 0.2) is 11.7 Å². The summed E-state index contributed by atoms with van der Waals surface area (Å²) in [5, 5.41) is 31.6. The maximum Gasteiger partial charge on any atom is 0.490 e. The highest BCUT2D eigenvalue weighted by molar-refractivity contribution is 6.39. The van der Waals surface area contributed by atoms with Gasteiger partial charge in [0.05, 0.1) is 11.1 Å². The summed E-state index contributed by atoms with van der Waals surface area (Å²) in [6.45, 7) is 0.167. The summed E-state index contributed by atoms with van der Waals surface area (Å²) in [4.78, 5) is 59.4. The van der Waals surface area contributed by atoms with Crippen LogP contribution in [0.5, 0.6) is 0 Å². The molecule has 0 unspecified atom stereocenters. The van der Waals surface area contributed by atoms with E-state index in [1.807, 2.05) is 25.2 Å². The normalized spacial score (nSPS) is 16.2. The molecule has 0 fully saturated rings. The molecule has 0 heterocycles. The number of anilines is 1. The second-order valence-corrected chi connectivity index (χ2v) is 10.8. The number of carboxylic acid groups (broad SMARTS) is 2. The molecule has 14 nitrogen and oxygen atoms in total. The first-order chi connectivity index (χ1) is 23.5. The van der Waals surface area contributed by atoms with Crippen molar-refractivity contribution in [3.05, 3.63) is 63.9 Å². The molecule has 51 heavy (non-hydrogen) atoms. The number of carbonyl (C=O) groups excluding carboxylic acids is 3. The third-order valence-electron chi connectivity index (χ3n) is 6.76. The fourth-order valence-electron chi connectivity index (χ4n) is 4.60. The molecular weight excluding hydrogens is 729 g/mol. The lowest BCUT2D eigenvalue weighted by Crippen LogP contribution is -2.40. The number of alkyl halides is 6. The highest BCUT2D eigenvalue weighted by atomic mass is 35.5. The fourth-order valence-corrected chi connectivity index (χ4v) is 4.72. The van der Waals surface area contributed by atoms with Crippen LogP contribution in [0.1, 0.15) is 41.5 Å². The molecule has 2 aromatic carbocycles. The maximum absolute atomic E-state index is 13.7. The monoisotopic (exact) mass is 760 g/mol. The minimum atomic E-state index is -5.08. The van der Waals surface area contributed by atoms with Crippen molar-refractivity contribution >= 4 is 52.8 Å². The molecule has 0 bridgehead atoms. The number of rotatable bonds is 10. The van der Waals surface area contributed by atoms with E-state index in [4.69, 9.17) is 42.9 Å². The number of nitrogens with zero attached hydrogens (tertiary/aromatic N) is 1. The first kappa shape index (κ1) is 44.0. The number of fused-ring (bicyclic) bond motifs is 1. The van der Waals surface area contributed by atoms with E-state index in [9.17, 15) is 50.2 Å². The molecule has 0 saturated heterocycles. The van der Waals surface area contributed by atoms with E-state index in [2.05, 4.69) is 20.9 Å². The zero-order chi connectivity index (χ0) is 39.3. The fraction of sp³-hybridized carbons (Fsp3) is 0.379. The molecule has 0 saturated carbocycles. The van der Waals surface area contributed by atoms with Crippen LogP contribution in [0, 0.1) is 11.7 Å². The third kappa shape index (κ3) is 14.4. The van der Waals surface area contributed by atoms with Crippen LogP contribution in [0.15, 0.2) is 41.4 Å². The molecule has 10 N–H and O–H groups in total. The van der Waals surface area contributed by atoms with Crippen molar-refractivity contribution in [2.24, 2.45) is 22.4 Å². The quantitative estimate of drug-likeness (QED) is 0.0757. The summed E-state index contributed by atoms with van der Waals surface area (Å²) < 4.78 is 77.2. The minimum absolute atomic E-state index is 0.0722. The number of carboxylic acids is 2. The molecule has 2 amide bonds. The second-order valence-electron chi connectivity index (χ2n) is 10.4.